The molecule has 1 aliphatic rings. The maximum absolute atomic E-state index is 14.7. The van der Waals surface area contributed by atoms with Gasteiger partial charge in [0.05, 0.1) is 18.9 Å². The van der Waals surface area contributed by atoms with Gasteiger partial charge in [-0.1, -0.05) is 46.8 Å². The van der Waals surface area contributed by atoms with Gasteiger partial charge in [-0.05, 0) is 47.2 Å². The van der Waals surface area contributed by atoms with Gasteiger partial charge in [-0.15, -0.1) is 0 Å². The molecule has 0 spiro atoms. The summed E-state index contributed by atoms with van der Waals surface area (Å²) in [6.45, 7) is 12.4. The number of carbonyl (C=O) groups excluding carboxylic acids is 2. The maximum Gasteiger partial charge on any atom is 0.251 e. The first-order valence-corrected chi connectivity index (χ1v) is 11.4. The van der Waals surface area contributed by atoms with Crippen molar-refractivity contribution in [2.24, 2.45) is 5.92 Å². The second-order valence-electron chi connectivity index (χ2n) is 9.78. The molecule has 0 aliphatic carbocycles. The van der Waals surface area contributed by atoms with Crippen molar-refractivity contribution in [3.63, 3.8) is 0 Å². The van der Waals surface area contributed by atoms with Crippen LogP contribution in [0, 0.1) is 11.7 Å². The normalized spacial score (nSPS) is 15.3. The van der Waals surface area contributed by atoms with Crippen LogP contribution in [0.4, 0.5) is 15.8 Å². The molecule has 2 aromatic carbocycles. The Kier molecular flexibility index (Phi) is 7.74. The van der Waals surface area contributed by atoms with Crippen LogP contribution in [0.25, 0.3) is 0 Å². The van der Waals surface area contributed by atoms with Crippen molar-refractivity contribution < 1.29 is 18.7 Å². The number of halogens is 1. The van der Waals surface area contributed by atoms with E-state index in [9.17, 15) is 14.0 Å². The van der Waals surface area contributed by atoms with Crippen molar-refractivity contribution in [1.82, 2.24) is 5.32 Å². The molecule has 0 radical (unpaired) electrons. The lowest BCUT2D eigenvalue weighted by Crippen LogP contribution is -2.47. The van der Waals surface area contributed by atoms with Gasteiger partial charge in [0.15, 0.2) is 0 Å². The topological polar surface area (TPSA) is 70.7 Å². The highest BCUT2D eigenvalue weighted by Crippen LogP contribution is 2.25. The SMILES string of the molecule is CC(C)C(NC(=O)c1ccc(C(C)(C)C)cc1)C(=O)Nc1ccc(N2CCOCC2)c(F)c1. The number of rotatable bonds is 6. The molecular weight excluding hydrogens is 421 g/mol. The van der Waals surface area contributed by atoms with Crippen LogP contribution in [-0.2, 0) is 14.9 Å². The molecule has 1 heterocycles. The Balaban J connectivity index is 1.67. The van der Waals surface area contributed by atoms with Gasteiger partial charge in [-0.2, -0.15) is 0 Å². The highest BCUT2D eigenvalue weighted by atomic mass is 19.1. The standard InChI is InChI=1S/C26H34FN3O3/c1-17(2)23(29-24(31)18-6-8-19(9-7-18)26(3,4)5)25(32)28-20-10-11-22(21(27)16-20)30-12-14-33-15-13-30/h6-11,16-17,23H,12-15H2,1-5H3,(H,28,32)(H,29,31). The molecule has 2 N–H and O–H groups in total. The number of morpholine rings is 1. The minimum atomic E-state index is -0.762. The molecule has 2 amide bonds. The number of hydrogen-bond acceptors (Lipinski definition) is 4. The summed E-state index contributed by atoms with van der Waals surface area (Å²) in [5.74, 6) is -1.26. The van der Waals surface area contributed by atoms with Crippen LogP contribution in [0.15, 0.2) is 42.5 Å². The Morgan fingerprint density at radius 1 is 1.03 bits per heavy atom. The first kappa shape index (κ1) is 24.7. The monoisotopic (exact) mass is 455 g/mol. The first-order valence-electron chi connectivity index (χ1n) is 11.4. The largest absolute Gasteiger partial charge is 0.378 e. The lowest BCUT2D eigenvalue weighted by Gasteiger charge is -2.29. The summed E-state index contributed by atoms with van der Waals surface area (Å²) in [6.07, 6.45) is 0. The van der Waals surface area contributed by atoms with E-state index in [1.165, 1.54) is 6.07 Å². The van der Waals surface area contributed by atoms with E-state index >= 15 is 0 Å². The van der Waals surface area contributed by atoms with E-state index in [2.05, 4.69) is 31.4 Å². The molecule has 3 rings (SSSR count). The highest BCUT2D eigenvalue weighted by molar-refractivity contribution is 6.01. The van der Waals surface area contributed by atoms with Gasteiger partial charge < -0.3 is 20.3 Å². The number of amides is 2. The fourth-order valence-corrected chi connectivity index (χ4v) is 3.75. The summed E-state index contributed by atoms with van der Waals surface area (Å²) < 4.78 is 20.0. The fourth-order valence-electron chi connectivity index (χ4n) is 3.75. The average molecular weight is 456 g/mol. The zero-order valence-corrected chi connectivity index (χ0v) is 20.1. The molecule has 2 aromatic rings. The number of carbonyl (C=O) groups is 2. The minimum Gasteiger partial charge on any atom is -0.378 e. The average Bonchev–Trinajstić information content (AvgIpc) is 2.77. The van der Waals surface area contributed by atoms with E-state index in [1.54, 1.807) is 24.3 Å². The van der Waals surface area contributed by atoms with E-state index in [1.807, 2.05) is 30.9 Å². The van der Waals surface area contributed by atoms with Gasteiger partial charge >= 0.3 is 0 Å². The third kappa shape index (κ3) is 6.32. The lowest BCUT2D eigenvalue weighted by molar-refractivity contribution is -0.118. The van der Waals surface area contributed by atoms with Crippen LogP contribution in [-0.4, -0.2) is 44.2 Å². The van der Waals surface area contributed by atoms with Crippen molar-refractivity contribution in [1.29, 1.82) is 0 Å². The highest BCUT2D eigenvalue weighted by Gasteiger charge is 2.26. The molecule has 0 aromatic heterocycles. The molecule has 6 nitrogen and oxygen atoms in total. The molecular formula is C26H34FN3O3. The molecule has 1 unspecified atom stereocenters. The molecule has 1 atom stereocenters. The van der Waals surface area contributed by atoms with Crippen molar-refractivity contribution in [3.05, 3.63) is 59.4 Å². The Morgan fingerprint density at radius 3 is 2.21 bits per heavy atom. The molecule has 33 heavy (non-hydrogen) atoms. The molecule has 0 bridgehead atoms. The second kappa shape index (κ2) is 10.3. The summed E-state index contributed by atoms with van der Waals surface area (Å²) in [6, 6.07) is 11.3. The molecule has 1 fully saturated rings. The van der Waals surface area contributed by atoms with Crippen LogP contribution < -0.4 is 15.5 Å². The van der Waals surface area contributed by atoms with Crippen LogP contribution in [0.1, 0.15) is 50.5 Å². The molecule has 1 aliphatic heterocycles. The summed E-state index contributed by atoms with van der Waals surface area (Å²) in [5.41, 5.74) is 2.44. The molecule has 1 saturated heterocycles. The van der Waals surface area contributed by atoms with Crippen LogP contribution in [0.3, 0.4) is 0 Å². The van der Waals surface area contributed by atoms with E-state index in [-0.39, 0.29) is 23.1 Å². The molecule has 0 saturated carbocycles. The number of nitrogens with one attached hydrogen (secondary N) is 2. The third-order valence-electron chi connectivity index (χ3n) is 5.82. The lowest BCUT2D eigenvalue weighted by atomic mass is 9.86. The predicted octanol–water partition coefficient (Wildman–Crippen LogP) is 4.35. The van der Waals surface area contributed by atoms with Gasteiger partial charge in [0.2, 0.25) is 5.91 Å². The van der Waals surface area contributed by atoms with Crippen molar-refractivity contribution in [2.45, 2.75) is 46.1 Å². The predicted molar refractivity (Wildman–Crippen MR) is 129 cm³/mol. The van der Waals surface area contributed by atoms with E-state index < -0.39 is 11.9 Å². The first-order chi connectivity index (χ1) is 15.6. The van der Waals surface area contributed by atoms with Gasteiger partial charge in [-0.25, -0.2) is 4.39 Å². The third-order valence-corrected chi connectivity index (χ3v) is 5.82. The van der Waals surface area contributed by atoms with Crippen molar-refractivity contribution in [3.8, 4) is 0 Å². The van der Waals surface area contributed by atoms with Crippen molar-refractivity contribution >= 4 is 23.2 Å². The van der Waals surface area contributed by atoms with Gasteiger partial charge in [-0.3, -0.25) is 9.59 Å². The Hall–Kier alpha value is -2.93. The summed E-state index contributed by atoms with van der Waals surface area (Å²) in [7, 11) is 0. The summed E-state index contributed by atoms with van der Waals surface area (Å²) >= 11 is 0. The zero-order valence-electron chi connectivity index (χ0n) is 20.1. The molecule has 178 valence electrons. The number of hydrogen-bond donors (Lipinski definition) is 2. The number of anilines is 2. The number of ether oxygens (including phenoxy) is 1. The van der Waals surface area contributed by atoms with Gasteiger partial charge in [0.1, 0.15) is 11.9 Å². The van der Waals surface area contributed by atoms with E-state index in [0.717, 1.165) is 5.56 Å². The quantitative estimate of drug-likeness (QED) is 0.679. The van der Waals surface area contributed by atoms with E-state index in [4.69, 9.17) is 4.74 Å². The smallest absolute Gasteiger partial charge is 0.251 e. The summed E-state index contributed by atoms with van der Waals surface area (Å²) in [5, 5.41) is 5.57. The summed E-state index contributed by atoms with van der Waals surface area (Å²) in [4.78, 5) is 27.6. The minimum absolute atomic E-state index is 0.0119. The van der Waals surface area contributed by atoms with Gasteiger partial charge in [0, 0.05) is 24.3 Å². The number of nitrogens with zero attached hydrogens (tertiary/aromatic N) is 1. The van der Waals surface area contributed by atoms with E-state index in [0.29, 0.717) is 43.2 Å². The number of benzene rings is 2. The second-order valence-corrected chi connectivity index (χ2v) is 9.78. The van der Waals surface area contributed by atoms with Gasteiger partial charge in [0.25, 0.3) is 5.91 Å². The van der Waals surface area contributed by atoms with Crippen molar-refractivity contribution in [2.75, 3.05) is 36.5 Å². The Bertz CT molecular complexity index is 977. The maximum atomic E-state index is 14.7. The molecule has 7 heteroatoms. The fraction of sp³-hybridized carbons (Fsp3) is 0.462. The van der Waals surface area contributed by atoms with Crippen LogP contribution >= 0.6 is 0 Å². The van der Waals surface area contributed by atoms with Crippen LogP contribution in [0.5, 0.6) is 0 Å². The Labute approximate surface area is 195 Å². The van der Waals surface area contributed by atoms with Crippen LogP contribution in [0.2, 0.25) is 0 Å². The Morgan fingerprint density at radius 2 is 1.67 bits per heavy atom. The zero-order chi connectivity index (χ0) is 24.2.